The highest BCUT2D eigenvalue weighted by molar-refractivity contribution is 6.77. The van der Waals surface area contributed by atoms with Gasteiger partial charge in [-0.2, -0.15) is 0 Å². The van der Waals surface area contributed by atoms with Crippen molar-refractivity contribution in [2.24, 2.45) is 0 Å². The summed E-state index contributed by atoms with van der Waals surface area (Å²) in [7, 11) is -3.95. The molecule has 0 N–H and O–H groups in total. The largest absolute Gasteiger partial charge is 0.856 e. The van der Waals surface area contributed by atoms with Crippen LogP contribution in [0.1, 0.15) is 0 Å². The summed E-state index contributed by atoms with van der Waals surface area (Å²) in [5.41, 5.74) is -1.12. The maximum Gasteiger partial charge on any atom is 0.856 e. The second-order valence-corrected chi connectivity index (χ2v) is 3.22. The van der Waals surface area contributed by atoms with E-state index in [1.807, 2.05) is 0 Å². The lowest BCUT2D eigenvalue weighted by molar-refractivity contribution is -0.150. The van der Waals surface area contributed by atoms with Gasteiger partial charge in [0.05, 0.1) is 7.11 Å². The van der Waals surface area contributed by atoms with Crippen molar-refractivity contribution in [1.29, 1.82) is 0 Å². The molecule has 0 amide bonds. The highest BCUT2D eigenvalue weighted by Crippen LogP contribution is 2.04. The zero-order valence-corrected chi connectivity index (χ0v) is 7.84. The first-order valence-electron chi connectivity index (χ1n) is 3.25. The summed E-state index contributed by atoms with van der Waals surface area (Å²) in [6.45, 7) is 0. The molecule has 1 aliphatic heterocycles. The Balaban J connectivity index is 2.47. The molecule has 0 aromatic heterocycles. The Hall–Kier alpha value is -1.71. The van der Waals surface area contributed by atoms with E-state index in [1.54, 1.807) is 0 Å². The number of methoxy groups -OCH3 is 1. The Labute approximate surface area is 79.0 Å². The molecule has 1 fully saturated rings. The second kappa shape index (κ2) is 4.00. The molecule has 0 spiro atoms. The molecule has 8 nitrogen and oxygen atoms in total. The summed E-state index contributed by atoms with van der Waals surface area (Å²) < 4.78 is 27.5. The zero-order valence-electron chi connectivity index (χ0n) is 6.84. The van der Waals surface area contributed by atoms with Gasteiger partial charge in [-0.25, -0.2) is 14.4 Å². The Morgan fingerprint density at radius 2 is 1.86 bits per heavy atom. The Kier molecular flexibility index (Phi) is 2.96. The molecule has 0 bridgehead atoms. The zero-order chi connectivity index (χ0) is 10.7. The first-order chi connectivity index (χ1) is 6.54. The molecule has 0 unspecified atom stereocenters. The van der Waals surface area contributed by atoms with Crippen molar-refractivity contribution in [3.05, 3.63) is 0 Å². The lowest BCUT2D eigenvalue weighted by Crippen LogP contribution is -2.31. The van der Waals surface area contributed by atoms with Crippen molar-refractivity contribution in [2.75, 3.05) is 7.11 Å². The van der Waals surface area contributed by atoms with E-state index >= 15 is 0 Å². The number of hydrogen-bond acceptors (Lipinski definition) is 8. The van der Waals surface area contributed by atoms with Crippen molar-refractivity contribution in [1.82, 2.24) is 0 Å². The van der Waals surface area contributed by atoms with Gasteiger partial charge in [-0.1, -0.05) is 0 Å². The first-order valence-corrected chi connectivity index (χ1v) is 4.56. The molecule has 0 aromatic rings. The van der Waals surface area contributed by atoms with E-state index in [0.717, 1.165) is 7.11 Å². The third-order valence-corrected chi connectivity index (χ3v) is 2.07. The van der Waals surface area contributed by atoms with Crippen LogP contribution in [0.4, 0.5) is 4.79 Å². The van der Waals surface area contributed by atoms with E-state index in [-0.39, 0.29) is 0 Å². The van der Waals surface area contributed by atoms with Crippen LogP contribution < -0.4 is 0 Å². The van der Waals surface area contributed by atoms with E-state index in [0.29, 0.717) is 0 Å². The van der Waals surface area contributed by atoms with Gasteiger partial charge in [-0.15, -0.1) is 0 Å². The van der Waals surface area contributed by atoms with Gasteiger partial charge in [0.15, 0.2) is 0 Å². The van der Waals surface area contributed by atoms with Gasteiger partial charge in [-0.05, 0) is 0 Å². The quantitative estimate of drug-likeness (QED) is 0.409. The van der Waals surface area contributed by atoms with Gasteiger partial charge < -0.3 is 22.9 Å². The molecule has 14 heavy (non-hydrogen) atoms. The Bertz CT molecular complexity index is 296. The minimum atomic E-state index is -3.21. The van der Waals surface area contributed by atoms with E-state index in [2.05, 4.69) is 18.4 Å². The lowest BCUT2D eigenvalue weighted by atomic mass is 10.3. The maximum absolute atomic E-state index is 10.8. The molecule has 0 saturated carbocycles. The number of carbonyl (C=O) groups excluding carboxylic acids is 3. The van der Waals surface area contributed by atoms with Gasteiger partial charge in [0.2, 0.25) is 0 Å². The molecular formula is C4H3BO8Si. The van der Waals surface area contributed by atoms with Crippen LogP contribution in [0.25, 0.3) is 0 Å². The van der Waals surface area contributed by atoms with Gasteiger partial charge in [-0.3, -0.25) is 0 Å². The molecule has 0 radical (unpaired) electrons. The maximum atomic E-state index is 10.8. The molecule has 10 heteroatoms. The van der Waals surface area contributed by atoms with Crippen LogP contribution in [-0.2, 0) is 32.4 Å². The highest BCUT2D eigenvalue weighted by Gasteiger charge is 2.48. The summed E-state index contributed by atoms with van der Waals surface area (Å²) in [6.07, 6.45) is 0. The van der Waals surface area contributed by atoms with E-state index in [9.17, 15) is 18.8 Å². The molecule has 1 aliphatic rings. The number of hydrogen-bond donors (Lipinski definition) is 0. The second-order valence-electron chi connectivity index (χ2n) is 2.00. The van der Waals surface area contributed by atoms with Crippen molar-refractivity contribution < 1.29 is 37.2 Å². The first kappa shape index (κ1) is 10.4. The molecule has 1 rings (SSSR count). The average molecular weight is 218 g/mol. The van der Waals surface area contributed by atoms with Crippen molar-refractivity contribution >= 4 is 33.8 Å². The van der Waals surface area contributed by atoms with Crippen LogP contribution in [0, 0.1) is 0 Å². The lowest BCUT2D eigenvalue weighted by Gasteiger charge is -2.01. The number of rotatable bonds is 3. The summed E-state index contributed by atoms with van der Waals surface area (Å²) in [5, 5.41) is 0. The molecule has 74 valence electrons. The van der Waals surface area contributed by atoms with E-state index in [1.165, 1.54) is 0 Å². The van der Waals surface area contributed by atoms with Crippen molar-refractivity contribution in [3.63, 3.8) is 0 Å². The molecule has 0 aliphatic carbocycles. The van der Waals surface area contributed by atoms with Crippen molar-refractivity contribution in [3.8, 4) is 0 Å². The van der Waals surface area contributed by atoms with E-state index in [4.69, 9.17) is 0 Å². The summed E-state index contributed by atoms with van der Waals surface area (Å²) in [4.78, 5) is 31.4. The van der Waals surface area contributed by atoms with Crippen LogP contribution in [0.5, 0.6) is 0 Å². The van der Waals surface area contributed by atoms with Crippen LogP contribution in [0.3, 0.4) is 0 Å². The average Bonchev–Trinajstić information content (AvgIpc) is 2.44. The van der Waals surface area contributed by atoms with Crippen LogP contribution in [-0.4, -0.2) is 40.9 Å². The fourth-order valence-electron chi connectivity index (χ4n) is 0.562. The third-order valence-electron chi connectivity index (χ3n) is 1.13. The van der Waals surface area contributed by atoms with Gasteiger partial charge in [0.25, 0.3) is 0 Å². The monoisotopic (exact) mass is 218 g/mol. The SMILES string of the molecule is COC(=O)[Si](=O)OB1OC(=O)C(=O)O1. The predicted octanol–water partition coefficient (Wildman–Crippen LogP) is -1.65. The minimum Gasteiger partial charge on any atom is -0.521 e. The van der Waals surface area contributed by atoms with Gasteiger partial charge in [0, 0.05) is 0 Å². The molecule has 0 aromatic carbocycles. The predicted molar refractivity (Wildman–Crippen MR) is 37.9 cm³/mol. The minimum absolute atomic E-state index is 1.00. The standard InChI is InChI=1S/C4H3BO8Si/c1-10-4(8)14(9)13-5-11-2(6)3(7)12-5/h1H3. The Morgan fingerprint density at radius 1 is 1.36 bits per heavy atom. The summed E-state index contributed by atoms with van der Waals surface area (Å²) >= 11 is 0. The number of ether oxygens (including phenoxy) is 1. The Morgan fingerprint density at radius 3 is 2.29 bits per heavy atom. The molecule has 1 saturated heterocycles. The fourth-order valence-corrected chi connectivity index (χ4v) is 1.10. The fraction of sp³-hybridized carbons (Fsp3) is 0.250. The molecule has 0 atom stereocenters. The topological polar surface area (TPSA) is 105 Å². The van der Waals surface area contributed by atoms with Crippen molar-refractivity contribution in [2.45, 2.75) is 0 Å². The van der Waals surface area contributed by atoms with Gasteiger partial charge >= 0.3 is 33.8 Å². The van der Waals surface area contributed by atoms with Crippen LogP contribution >= 0.6 is 0 Å². The normalized spacial score (nSPS) is 14.5. The molecule has 1 heterocycles. The highest BCUT2D eigenvalue weighted by atomic mass is 28.3. The molecular weight excluding hydrogens is 215 g/mol. The van der Waals surface area contributed by atoms with E-state index < -0.39 is 33.8 Å². The summed E-state index contributed by atoms with van der Waals surface area (Å²) in [6, 6.07) is 0. The van der Waals surface area contributed by atoms with Crippen LogP contribution in [0.15, 0.2) is 0 Å². The third kappa shape index (κ3) is 2.16. The number of carbonyl (C=O) groups is 3. The smallest absolute Gasteiger partial charge is 0.521 e. The van der Waals surface area contributed by atoms with Gasteiger partial charge in [0.1, 0.15) is 0 Å². The summed E-state index contributed by atoms with van der Waals surface area (Å²) in [5.74, 6) is -2.54. The van der Waals surface area contributed by atoms with Crippen LogP contribution in [0.2, 0.25) is 0 Å².